The highest BCUT2D eigenvalue weighted by Crippen LogP contribution is 2.32. The lowest BCUT2D eigenvalue weighted by Crippen LogP contribution is -2.45. The van der Waals surface area contributed by atoms with Crippen LogP contribution in [0.1, 0.15) is 65.2 Å². The number of aromatic amines is 1. The Bertz CT molecular complexity index is 705. The van der Waals surface area contributed by atoms with Crippen LogP contribution in [0.5, 0.6) is 0 Å². The molecule has 27 heavy (non-hydrogen) atoms. The first kappa shape index (κ1) is 21.2. The summed E-state index contributed by atoms with van der Waals surface area (Å²) in [5, 5.41) is 0. The predicted octanol–water partition coefficient (Wildman–Crippen LogP) is 2.65. The zero-order chi connectivity index (χ0) is 20.1. The van der Waals surface area contributed by atoms with Crippen molar-refractivity contribution in [1.82, 2.24) is 9.88 Å². The van der Waals surface area contributed by atoms with Crippen LogP contribution in [0.2, 0.25) is 0 Å². The van der Waals surface area contributed by atoms with Crippen molar-refractivity contribution in [3.8, 4) is 0 Å². The molecule has 1 aromatic heterocycles. The zero-order valence-corrected chi connectivity index (χ0v) is 16.9. The molecule has 1 aliphatic carbocycles. The molecule has 0 radical (unpaired) electrons. The average molecular weight is 378 g/mol. The Balaban J connectivity index is 2.22. The van der Waals surface area contributed by atoms with Gasteiger partial charge in [-0.1, -0.05) is 0 Å². The molecule has 7 heteroatoms. The van der Waals surface area contributed by atoms with Crippen molar-refractivity contribution in [2.24, 2.45) is 5.92 Å². The predicted molar refractivity (Wildman–Crippen MR) is 101 cm³/mol. The number of hydrogen-bond donors (Lipinski definition) is 1. The van der Waals surface area contributed by atoms with Gasteiger partial charge in [0.1, 0.15) is 5.69 Å². The van der Waals surface area contributed by atoms with Crippen LogP contribution < -0.4 is 0 Å². The van der Waals surface area contributed by atoms with Gasteiger partial charge in [-0.25, -0.2) is 4.79 Å². The Morgan fingerprint density at radius 3 is 2.48 bits per heavy atom. The van der Waals surface area contributed by atoms with Crippen LogP contribution in [0, 0.1) is 19.8 Å². The standard InChI is InChI=1S/C20H30N2O5/c1-6-27-11-7-10-22(19(24)15-8-9-15)14(4)18(23)16-12(2)17(20(25)26-5)21-13(16)3/h14-15,21H,6-11H2,1-5H3/t14-/m1/s1. The maximum Gasteiger partial charge on any atom is 0.354 e. The summed E-state index contributed by atoms with van der Waals surface area (Å²) in [4.78, 5) is 42.4. The fraction of sp³-hybridized carbons (Fsp3) is 0.650. The number of aromatic nitrogens is 1. The van der Waals surface area contributed by atoms with Gasteiger partial charge in [-0.2, -0.15) is 0 Å². The zero-order valence-electron chi connectivity index (χ0n) is 16.9. The number of ketones is 1. The van der Waals surface area contributed by atoms with E-state index >= 15 is 0 Å². The number of ether oxygens (including phenoxy) is 2. The summed E-state index contributed by atoms with van der Waals surface area (Å²) in [6.45, 7) is 8.82. The van der Waals surface area contributed by atoms with E-state index in [1.807, 2.05) is 6.92 Å². The van der Waals surface area contributed by atoms with Crippen molar-refractivity contribution >= 4 is 17.7 Å². The molecule has 1 aliphatic rings. The average Bonchev–Trinajstić information content (AvgIpc) is 3.45. The highest BCUT2D eigenvalue weighted by Gasteiger charge is 2.38. The van der Waals surface area contributed by atoms with Crippen LogP contribution in [0.25, 0.3) is 0 Å². The number of rotatable bonds is 10. The Kier molecular flexibility index (Phi) is 7.18. The van der Waals surface area contributed by atoms with Gasteiger partial charge >= 0.3 is 5.97 Å². The summed E-state index contributed by atoms with van der Waals surface area (Å²) in [6, 6.07) is -0.599. The van der Waals surface area contributed by atoms with Gasteiger partial charge < -0.3 is 19.4 Å². The molecule has 7 nitrogen and oxygen atoms in total. The number of amides is 1. The van der Waals surface area contributed by atoms with E-state index in [0.29, 0.717) is 43.0 Å². The number of aryl methyl sites for hydroxylation is 1. The van der Waals surface area contributed by atoms with Crippen molar-refractivity contribution in [3.05, 3.63) is 22.5 Å². The minimum atomic E-state index is -0.599. The molecule has 1 saturated carbocycles. The van der Waals surface area contributed by atoms with E-state index in [4.69, 9.17) is 9.47 Å². The number of nitrogens with one attached hydrogen (secondary N) is 1. The SMILES string of the molecule is CCOCCCN(C(=O)C1CC1)[C@H](C)C(=O)c1c(C)[nH]c(C(=O)OC)c1C. The molecule has 0 unspecified atom stereocenters. The number of hydrogen-bond acceptors (Lipinski definition) is 5. The van der Waals surface area contributed by atoms with Crippen molar-refractivity contribution < 1.29 is 23.9 Å². The molecule has 1 amide bonds. The van der Waals surface area contributed by atoms with Crippen molar-refractivity contribution in [2.75, 3.05) is 26.9 Å². The molecule has 1 aromatic rings. The van der Waals surface area contributed by atoms with Crippen LogP contribution >= 0.6 is 0 Å². The number of carbonyl (C=O) groups is 3. The molecule has 0 bridgehead atoms. The van der Waals surface area contributed by atoms with Gasteiger partial charge in [-0.15, -0.1) is 0 Å². The fourth-order valence-electron chi connectivity index (χ4n) is 3.32. The van der Waals surface area contributed by atoms with Crippen LogP contribution in [-0.4, -0.2) is 60.5 Å². The number of H-pyrrole nitrogens is 1. The first-order valence-corrected chi connectivity index (χ1v) is 9.53. The molecular weight excluding hydrogens is 348 g/mol. The van der Waals surface area contributed by atoms with Crippen molar-refractivity contribution in [2.45, 2.75) is 53.0 Å². The van der Waals surface area contributed by atoms with Gasteiger partial charge in [0.25, 0.3) is 0 Å². The smallest absolute Gasteiger partial charge is 0.354 e. The van der Waals surface area contributed by atoms with Crippen LogP contribution in [0.3, 0.4) is 0 Å². The Morgan fingerprint density at radius 1 is 1.26 bits per heavy atom. The molecule has 0 aliphatic heterocycles. The minimum Gasteiger partial charge on any atom is -0.464 e. The topological polar surface area (TPSA) is 88.7 Å². The molecule has 1 heterocycles. The van der Waals surface area contributed by atoms with E-state index in [2.05, 4.69) is 4.98 Å². The molecule has 0 saturated heterocycles. The summed E-state index contributed by atoms with van der Waals surface area (Å²) < 4.78 is 10.1. The van der Waals surface area contributed by atoms with Crippen LogP contribution in [0.4, 0.5) is 0 Å². The lowest BCUT2D eigenvalue weighted by atomic mass is 9.99. The third-order valence-electron chi connectivity index (χ3n) is 5.02. The largest absolute Gasteiger partial charge is 0.464 e. The maximum atomic E-state index is 13.2. The van der Waals surface area contributed by atoms with Crippen molar-refractivity contribution in [1.29, 1.82) is 0 Å². The third kappa shape index (κ3) is 4.77. The molecule has 1 atom stereocenters. The molecule has 0 aromatic carbocycles. The molecule has 0 spiro atoms. The minimum absolute atomic E-state index is 0.0337. The number of esters is 1. The van der Waals surface area contributed by atoms with Gasteiger partial charge in [0, 0.05) is 36.9 Å². The number of nitrogens with zero attached hydrogens (tertiary/aromatic N) is 1. The number of methoxy groups -OCH3 is 1. The van der Waals surface area contributed by atoms with Gasteiger partial charge in [0.15, 0.2) is 5.78 Å². The summed E-state index contributed by atoms with van der Waals surface area (Å²) in [5.41, 5.74) is 1.91. The van der Waals surface area contributed by atoms with Crippen LogP contribution in [-0.2, 0) is 14.3 Å². The Morgan fingerprint density at radius 2 is 1.93 bits per heavy atom. The van der Waals surface area contributed by atoms with Gasteiger partial charge in [0.05, 0.1) is 13.2 Å². The van der Waals surface area contributed by atoms with Crippen molar-refractivity contribution in [3.63, 3.8) is 0 Å². The quantitative estimate of drug-likeness (QED) is 0.384. The van der Waals surface area contributed by atoms with E-state index in [1.54, 1.807) is 25.7 Å². The summed E-state index contributed by atoms with van der Waals surface area (Å²) in [5.74, 6) is -0.607. The Labute approximate surface area is 160 Å². The van der Waals surface area contributed by atoms with Gasteiger partial charge in [-0.3, -0.25) is 9.59 Å². The van der Waals surface area contributed by atoms with E-state index in [0.717, 1.165) is 12.8 Å². The monoisotopic (exact) mass is 378 g/mol. The highest BCUT2D eigenvalue weighted by molar-refractivity contribution is 6.06. The lowest BCUT2D eigenvalue weighted by molar-refractivity contribution is -0.134. The fourth-order valence-corrected chi connectivity index (χ4v) is 3.32. The second-order valence-corrected chi connectivity index (χ2v) is 7.01. The van der Waals surface area contributed by atoms with E-state index in [9.17, 15) is 14.4 Å². The first-order valence-electron chi connectivity index (χ1n) is 9.53. The summed E-state index contributed by atoms with van der Waals surface area (Å²) in [7, 11) is 1.30. The number of Topliss-reactive ketones (excluding diaryl/α,β-unsaturated/α-hetero) is 1. The maximum absolute atomic E-state index is 13.2. The van der Waals surface area contributed by atoms with Gasteiger partial charge in [-0.05, 0) is 52.5 Å². The van der Waals surface area contributed by atoms with Crippen LogP contribution in [0.15, 0.2) is 0 Å². The normalized spacial score (nSPS) is 14.7. The second-order valence-electron chi connectivity index (χ2n) is 7.01. The van der Waals surface area contributed by atoms with E-state index in [1.165, 1.54) is 7.11 Å². The molecular formula is C20H30N2O5. The van der Waals surface area contributed by atoms with E-state index < -0.39 is 12.0 Å². The summed E-state index contributed by atoms with van der Waals surface area (Å²) >= 11 is 0. The third-order valence-corrected chi connectivity index (χ3v) is 5.02. The number of carbonyl (C=O) groups excluding carboxylic acids is 3. The van der Waals surface area contributed by atoms with Gasteiger partial charge in [0.2, 0.25) is 5.91 Å². The molecule has 1 fully saturated rings. The highest BCUT2D eigenvalue weighted by atomic mass is 16.5. The summed E-state index contributed by atoms with van der Waals surface area (Å²) in [6.07, 6.45) is 2.45. The Hall–Kier alpha value is -2.15. The second kappa shape index (κ2) is 9.17. The molecule has 1 N–H and O–H groups in total. The molecule has 150 valence electrons. The lowest BCUT2D eigenvalue weighted by Gasteiger charge is -2.29. The molecule has 2 rings (SSSR count). The van der Waals surface area contributed by atoms with E-state index in [-0.39, 0.29) is 23.3 Å². The first-order chi connectivity index (χ1) is 12.8.